The van der Waals surface area contributed by atoms with Crippen LogP contribution in [0.3, 0.4) is 0 Å². The smallest absolute Gasteiger partial charge is 0.271 e. The summed E-state index contributed by atoms with van der Waals surface area (Å²) in [5, 5.41) is 15.2. The molecule has 2 aromatic rings. The van der Waals surface area contributed by atoms with Crippen LogP contribution in [-0.4, -0.2) is 41.1 Å². The van der Waals surface area contributed by atoms with Crippen LogP contribution in [0.15, 0.2) is 30.5 Å². The fourth-order valence-corrected chi connectivity index (χ4v) is 2.57. The summed E-state index contributed by atoms with van der Waals surface area (Å²) in [7, 11) is 0. The average Bonchev–Trinajstić information content (AvgIpc) is 3.04. The molecule has 1 aliphatic rings. The summed E-state index contributed by atoms with van der Waals surface area (Å²) in [4.78, 5) is 24.5. The molecule has 0 unspecified atom stereocenters. The Morgan fingerprint density at radius 2 is 1.88 bits per heavy atom. The summed E-state index contributed by atoms with van der Waals surface area (Å²) in [5.41, 5.74) is 0.780. The second-order valence-corrected chi connectivity index (χ2v) is 5.62. The van der Waals surface area contributed by atoms with Gasteiger partial charge in [-0.1, -0.05) is 0 Å². The number of hydrogen-bond acceptors (Lipinski definition) is 4. The van der Waals surface area contributed by atoms with Gasteiger partial charge in [-0.2, -0.15) is 5.10 Å². The van der Waals surface area contributed by atoms with Gasteiger partial charge in [-0.3, -0.25) is 14.7 Å². The Labute approximate surface area is 139 Å². The SMILES string of the molecule is O=C(Nc1cn[nH]c1C(=O)NC1CCNCC1)c1ccc(F)cc1.[HH]. The van der Waals surface area contributed by atoms with E-state index in [2.05, 4.69) is 26.1 Å². The molecule has 1 aromatic carbocycles. The highest BCUT2D eigenvalue weighted by molar-refractivity contribution is 6.08. The number of nitrogens with zero attached hydrogens (tertiary/aromatic N) is 1. The van der Waals surface area contributed by atoms with E-state index in [1.54, 1.807) is 0 Å². The summed E-state index contributed by atoms with van der Waals surface area (Å²) in [6, 6.07) is 5.26. The van der Waals surface area contributed by atoms with Gasteiger partial charge < -0.3 is 16.0 Å². The average molecular weight is 333 g/mol. The van der Waals surface area contributed by atoms with Gasteiger partial charge in [0.15, 0.2) is 0 Å². The van der Waals surface area contributed by atoms with Crippen LogP contribution in [0.25, 0.3) is 0 Å². The van der Waals surface area contributed by atoms with E-state index in [4.69, 9.17) is 0 Å². The predicted molar refractivity (Wildman–Crippen MR) is 88.4 cm³/mol. The van der Waals surface area contributed by atoms with Crippen molar-refractivity contribution in [1.29, 1.82) is 0 Å². The lowest BCUT2D eigenvalue weighted by molar-refractivity contribution is 0.0925. The van der Waals surface area contributed by atoms with Crippen LogP contribution in [0.1, 0.15) is 35.1 Å². The van der Waals surface area contributed by atoms with E-state index >= 15 is 0 Å². The molecule has 0 aliphatic carbocycles. The number of carbonyl (C=O) groups is 2. The number of amides is 2. The van der Waals surface area contributed by atoms with E-state index in [9.17, 15) is 14.0 Å². The van der Waals surface area contributed by atoms with Gasteiger partial charge in [0, 0.05) is 13.0 Å². The van der Waals surface area contributed by atoms with Gasteiger partial charge in [-0.05, 0) is 50.2 Å². The Kier molecular flexibility index (Phi) is 4.85. The molecule has 1 fully saturated rings. The van der Waals surface area contributed by atoms with Crippen LogP contribution >= 0.6 is 0 Å². The third kappa shape index (κ3) is 3.77. The van der Waals surface area contributed by atoms with Gasteiger partial charge in [0.25, 0.3) is 11.8 Å². The number of piperidine rings is 1. The lowest BCUT2D eigenvalue weighted by atomic mass is 10.1. The predicted octanol–water partition coefficient (Wildman–Crippen LogP) is 1.53. The number of halogens is 1. The molecule has 1 saturated heterocycles. The summed E-state index contributed by atoms with van der Waals surface area (Å²) in [5.74, 6) is -1.17. The first-order valence-electron chi connectivity index (χ1n) is 7.75. The van der Waals surface area contributed by atoms with Crippen LogP contribution in [0.2, 0.25) is 0 Å². The Hall–Kier alpha value is -2.74. The van der Waals surface area contributed by atoms with E-state index in [0.29, 0.717) is 5.56 Å². The minimum Gasteiger partial charge on any atom is -0.348 e. The molecular formula is C16H20FN5O2. The molecule has 0 atom stereocenters. The van der Waals surface area contributed by atoms with Gasteiger partial charge in [0.05, 0.1) is 11.9 Å². The highest BCUT2D eigenvalue weighted by atomic mass is 19.1. The van der Waals surface area contributed by atoms with Gasteiger partial charge in [0.2, 0.25) is 0 Å². The van der Waals surface area contributed by atoms with E-state index in [1.165, 1.54) is 30.5 Å². The van der Waals surface area contributed by atoms with Crippen molar-refractivity contribution in [2.45, 2.75) is 18.9 Å². The number of hydrogen-bond donors (Lipinski definition) is 4. The van der Waals surface area contributed by atoms with Crippen LogP contribution < -0.4 is 16.0 Å². The zero-order chi connectivity index (χ0) is 16.9. The van der Waals surface area contributed by atoms with Crippen molar-refractivity contribution in [1.82, 2.24) is 20.8 Å². The standard InChI is InChI=1S/C16H18FN5O2.H2/c17-11-3-1-10(2-4-11)15(23)21-13-9-19-22-14(13)16(24)20-12-5-7-18-8-6-12;/h1-4,9,12,18H,5-8H2,(H,19,22)(H,20,24)(H,21,23);1H. The Morgan fingerprint density at radius 1 is 1.17 bits per heavy atom. The fourth-order valence-electron chi connectivity index (χ4n) is 2.57. The molecular weight excluding hydrogens is 313 g/mol. The Morgan fingerprint density at radius 3 is 2.58 bits per heavy atom. The quantitative estimate of drug-likeness (QED) is 0.682. The van der Waals surface area contributed by atoms with Crippen molar-refractivity contribution in [2.75, 3.05) is 18.4 Å². The lowest BCUT2D eigenvalue weighted by Crippen LogP contribution is -2.43. The van der Waals surface area contributed by atoms with Crippen LogP contribution in [0.5, 0.6) is 0 Å². The molecule has 0 spiro atoms. The molecule has 24 heavy (non-hydrogen) atoms. The minimum atomic E-state index is -0.438. The first-order chi connectivity index (χ1) is 11.6. The van der Waals surface area contributed by atoms with Crippen molar-refractivity contribution in [2.24, 2.45) is 0 Å². The van der Waals surface area contributed by atoms with Gasteiger partial charge >= 0.3 is 0 Å². The summed E-state index contributed by atoms with van der Waals surface area (Å²) >= 11 is 0. The molecule has 2 amide bonds. The number of benzene rings is 1. The first-order valence-corrected chi connectivity index (χ1v) is 7.75. The molecule has 0 radical (unpaired) electrons. The highest BCUT2D eigenvalue weighted by Gasteiger charge is 2.21. The summed E-state index contributed by atoms with van der Waals surface area (Å²) in [6.07, 6.45) is 3.09. The van der Waals surface area contributed by atoms with Crippen LogP contribution in [-0.2, 0) is 0 Å². The van der Waals surface area contributed by atoms with E-state index in [0.717, 1.165) is 25.9 Å². The zero-order valence-electron chi connectivity index (χ0n) is 12.9. The number of carbonyl (C=O) groups excluding carboxylic acids is 2. The van der Waals surface area contributed by atoms with Gasteiger partial charge in [-0.25, -0.2) is 4.39 Å². The number of nitrogens with one attached hydrogen (secondary N) is 4. The zero-order valence-corrected chi connectivity index (χ0v) is 12.9. The van der Waals surface area contributed by atoms with E-state index in [1.807, 2.05) is 0 Å². The number of rotatable bonds is 4. The number of anilines is 1. The van der Waals surface area contributed by atoms with Crippen LogP contribution in [0, 0.1) is 5.82 Å². The topological polar surface area (TPSA) is 98.9 Å². The van der Waals surface area contributed by atoms with Gasteiger partial charge in [-0.15, -0.1) is 0 Å². The maximum absolute atomic E-state index is 12.9. The van der Waals surface area contributed by atoms with E-state index < -0.39 is 11.7 Å². The maximum Gasteiger partial charge on any atom is 0.271 e. The van der Waals surface area contributed by atoms with Crippen molar-refractivity contribution in [3.8, 4) is 0 Å². The molecule has 128 valence electrons. The lowest BCUT2D eigenvalue weighted by Gasteiger charge is -2.23. The van der Waals surface area contributed by atoms with Crippen molar-refractivity contribution in [3.63, 3.8) is 0 Å². The third-order valence-electron chi connectivity index (χ3n) is 3.90. The summed E-state index contributed by atoms with van der Waals surface area (Å²) < 4.78 is 12.9. The molecule has 7 nitrogen and oxygen atoms in total. The maximum atomic E-state index is 12.9. The van der Waals surface area contributed by atoms with Crippen molar-refractivity contribution in [3.05, 3.63) is 47.5 Å². The van der Waals surface area contributed by atoms with E-state index in [-0.39, 0.29) is 24.8 Å². The molecule has 0 saturated carbocycles. The second kappa shape index (κ2) is 7.22. The molecule has 4 N–H and O–H groups in total. The normalized spacial score (nSPS) is 15.0. The molecule has 2 heterocycles. The fraction of sp³-hybridized carbons (Fsp3) is 0.312. The molecule has 0 bridgehead atoms. The molecule has 8 heteroatoms. The van der Waals surface area contributed by atoms with Crippen molar-refractivity contribution >= 4 is 17.5 Å². The first kappa shape index (κ1) is 16.1. The monoisotopic (exact) mass is 333 g/mol. The van der Waals surface area contributed by atoms with Crippen molar-refractivity contribution < 1.29 is 15.4 Å². The minimum absolute atomic E-state index is 0. The number of aromatic nitrogens is 2. The Bertz CT molecular complexity index is 728. The molecule has 3 rings (SSSR count). The molecule has 1 aromatic heterocycles. The van der Waals surface area contributed by atoms with Gasteiger partial charge in [0.1, 0.15) is 11.5 Å². The number of H-pyrrole nitrogens is 1. The largest absolute Gasteiger partial charge is 0.348 e. The Balaban J connectivity index is 0.00000225. The number of aromatic amines is 1. The summed E-state index contributed by atoms with van der Waals surface area (Å²) in [6.45, 7) is 1.73. The second-order valence-electron chi connectivity index (χ2n) is 5.62. The molecule has 1 aliphatic heterocycles. The highest BCUT2D eigenvalue weighted by Crippen LogP contribution is 2.15. The van der Waals surface area contributed by atoms with Crippen LogP contribution in [0.4, 0.5) is 10.1 Å². The third-order valence-corrected chi connectivity index (χ3v) is 3.90.